The van der Waals surface area contributed by atoms with Crippen LogP contribution in [-0.2, 0) is 19.3 Å². The van der Waals surface area contributed by atoms with E-state index in [9.17, 15) is 0 Å². The summed E-state index contributed by atoms with van der Waals surface area (Å²) in [4.78, 5) is 0. The molecule has 0 aromatic heterocycles. The molecule has 0 N–H and O–H groups in total. The first-order valence-electron chi connectivity index (χ1n) is 8.43. The molecule has 0 radical (unpaired) electrons. The van der Waals surface area contributed by atoms with Crippen LogP contribution in [0.15, 0.2) is 48.5 Å². The molecule has 0 aliphatic rings. The smallest absolute Gasteiger partial charge is 0.0256 e. The fourth-order valence-electron chi connectivity index (χ4n) is 2.95. The van der Waals surface area contributed by atoms with E-state index in [4.69, 9.17) is 0 Å². The Kier molecular flexibility index (Phi) is 6.25. The second-order valence-electron chi connectivity index (χ2n) is 5.93. The van der Waals surface area contributed by atoms with E-state index in [2.05, 4.69) is 68.9 Å². The van der Waals surface area contributed by atoms with Gasteiger partial charge in [0.05, 0.1) is 0 Å². The lowest BCUT2D eigenvalue weighted by Crippen LogP contribution is -2.03. The van der Waals surface area contributed by atoms with Crippen LogP contribution in [0.1, 0.15) is 48.1 Å². The normalized spacial score (nSPS) is 12.9. The maximum absolute atomic E-state index is 2.42. The van der Waals surface area contributed by atoms with Crippen LogP contribution in [0.25, 0.3) is 0 Å². The average Bonchev–Trinajstić information content (AvgIpc) is 2.55. The Morgan fingerprint density at radius 2 is 1.24 bits per heavy atom. The summed E-state index contributed by atoms with van der Waals surface area (Å²) in [6.07, 6.45) is 4.71. The van der Waals surface area contributed by atoms with Gasteiger partial charge in [-0.05, 0) is 47.1 Å². The zero-order chi connectivity index (χ0) is 15.1. The summed E-state index contributed by atoms with van der Waals surface area (Å²) in [5.41, 5.74) is 6.76. The van der Waals surface area contributed by atoms with E-state index in [1.807, 2.05) is 0 Å². The van der Waals surface area contributed by atoms with Gasteiger partial charge in [-0.3, -0.25) is 0 Å². The van der Waals surface area contributed by atoms with E-state index in [0.717, 1.165) is 24.8 Å². The molecule has 2 aromatic rings. The highest BCUT2D eigenvalue weighted by Gasteiger charge is 2.06. The van der Waals surface area contributed by atoms with Crippen LogP contribution in [0, 0.1) is 0 Å². The second-order valence-corrected chi connectivity index (χ2v) is 7.73. The SMILES string of the molecule is CCc1ccc(CCc2ccc(C(CC)[SiH2]C)cc2)cc1. The topological polar surface area (TPSA) is 0 Å². The predicted octanol–water partition coefficient (Wildman–Crippen LogP) is 4.70. The molecule has 0 fully saturated rings. The quantitative estimate of drug-likeness (QED) is 0.650. The summed E-state index contributed by atoms with van der Waals surface area (Å²) in [6, 6.07) is 18.5. The van der Waals surface area contributed by atoms with Crippen molar-refractivity contribution in [3.8, 4) is 0 Å². The van der Waals surface area contributed by atoms with Crippen molar-refractivity contribution in [2.45, 2.75) is 51.6 Å². The zero-order valence-electron chi connectivity index (χ0n) is 13.7. The van der Waals surface area contributed by atoms with Crippen LogP contribution in [-0.4, -0.2) is 9.52 Å². The molecule has 0 spiro atoms. The Morgan fingerprint density at radius 3 is 1.67 bits per heavy atom. The van der Waals surface area contributed by atoms with Crippen molar-refractivity contribution in [2.75, 3.05) is 0 Å². The number of hydrogen-bond acceptors (Lipinski definition) is 0. The number of hydrogen-bond donors (Lipinski definition) is 0. The molecule has 0 saturated heterocycles. The molecule has 0 heterocycles. The molecule has 2 rings (SSSR count). The fraction of sp³-hybridized carbons (Fsp3) is 0.400. The molecule has 0 amide bonds. The second kappa shape index (κ2) is 8.19. The summed E-state index contributed by atoms with van der Waals surface area (Å²) in [5.74, 6) is 0. The van der Waals surface area contributed by atoms with Crippen molar-refractivity contribution in [1.82, 2.24) is 0 Å². The maximum Gasteiger partial charge on any atom is 0.0256 e. The molecule has 0 aliphatic carbocycles. The molecule has 0 aliphatic heterocycles. The summed E-state index contributed by atoms with van der Waals surface area (Å²) in [5, 5.41) is 0. The molecule has 1 heteroatoms. The molecule has 1 atom stereocenters. The van der Waals surface area contributed by atoms with E-state index < -0.39 is 0 Å². The summed E-state index contributed by atoms with van der Waals surface area (Å²) in [6.45, 7) is 6.94. The molecule has 0 nitrogen and oxygen atoms in total. The van der Waals surface area contributed by atoms with Gasteiger partial charge >= 0.3 is 0 Å². The van der Waals surface area contributed by atoms with Gasteiger partial charge in [0.25, 0.3) is 0 Å². The van der Waals surface area contributed by atoms with Crippen LogP contribution in [0.3, 0.4) is 0 Å². The molecule has 112 valence electrons. The van der Waals surface area contributed by atoms with Gasteiger partial charge in [0.15, 0.2) is 0 Å². The van der Waals surface area contributed by atoms with Crippen molar-refractivity contribution in [1.29, 1.82) is 0 Å². The van der Waals surface area contributed by atoms with Crippen LogP contribution < -0.4 is 0 Å². The van der Waals surface area contributed by atoms with Gasteiger partial charge in [-0.2, -0.15) is 0 Å². The molecule has 0 bridgehead atoms. The van der Waals surface area contributed by atoms with E-state index in [0.29, 0.717) is 0 Å². The molecule has 0 saturated carbocycles. The van der Waals surface area contributed by atoms with E-state index in [1.54, 1.807) is 5.56 Å². The number of rotatable bonds is 7. The summed E-state index contributed by atoms with van der Waals surface area (Å²) >= 11 is 0. The standard InChI is InChI=1S/C20H28Si/c1-4-16-6-8-17(9-7-16)10-11-18-12-14-19(15-13-18)20(5-2)21-3/h6-9,12-15,20H,4-5,10-11,21H2,1-3H3. The van der Waals surface area contributed by atoms with Crippen molar-refractivity contribution in [2.24, 2.45) is 0 Å². The number of aryl methyl sites for hydroxylation is 3. The fourth-order valence-corrected chi connectivity index (χ4v) is 4.27. The lowest BCUT2D eigenvalue weighted by molar-refractivity contribution is 0.869. The lowest BCUT2D eigenvalue weighted by atomic mass is 10.0. The van der Waals surface area contributed by atoms with Gasteiger partial charge in [-0.1, -0.05) is 75.3 Å². The Balaban J connectivity index is 1.93. The minimum absolute atomic E-state index is 0.0578. The first-order chi connectivity index (χ1) is 10.3. The highest BCUT2D eigenvalue weighted by atomic mass is 28.2. The molecule has 21 heavy (non-hydrogen) atoms. The van der Waals surface area contributed by atoms with Crippen molar-refractivity contribution >= 4 is 9.52 Å². The van der Waals surface area contributed by atoms with Crippen LogP contribution in [0.4, 0.5) is 0 Å². The molecular formula is C20H28Si. The molecule has 2 aromatic carbocycles. The van der Waals surface area contributed by atoms with Gasteiger partial charge < -0.3 is 0 Å². The van der Waals surface area contributed by atoms with Crippen molar-refractivity contribution in [3.05, 3.63) is 70.8 Å². The molecule has 1 unspecified atom stereocenters. The van der Waals surface area contributed by atoms with E-state index in [1.165, 1.54) is 23.1 Å². The highest BCUT2D eigenvalue weighted by molar-refractivity contribution is 6.35. The minimum atomic E-state index is 0.0578. The third kappa shape index (κ3) is 4.57. The Morgan fingerprint density at radius 1 is 0.762 bits per heavy atom. The minimum Gasteiger partial charge on any atom is -0.0743 e. The average molecular weight is 297 g/mol. The van der Waals surface area contributed by atoms with E-state index in [-0.39, 0.29) is 9.52 Å². The first-order valence-corrected chi connectivity index (χ1v) is 10.7. The monoisotopic (exact) mass is 296 g/mol. The van der Waals surface area contributed by atoms with Gasteiger partial charge in [-0.25, -0.2) is 0 Å². The Bertz CT molecular complexity index is 521. The largest absolute Gasteiger partial charge is 0.0743 e. The highest BCUT2D eigenvalue weighted by Crippen LogP contribution is 2.19. The van der Waals surface area contributed by atoms with Crippen molar-refractivity contribution in [3.63, 3.8) is 0 Å². The maximum atomic E-state index is 2.42. The van der Waals surface area contributed by atoms with Crippen LogP contribution >= 0.6 is 0 Å². The third-order valence-corrected chi connectivity index (χ3v) is 6.60. The van der Waals surface area contributed by atoms with Crippen molar-refractivity contribution < 1.29 is 0 Å². The van der Waals surface area contributed by atoms with Crippen LogP contribution in [0.5, 0.6) is 0 Å². The number of benzene rings is 2. The lowest BCUT2D eigenvalue weighted by Gasteiger charge is -2.13. The summed E-state index contributed by atoms with van der Waals surface area (Å²) in [7, 11) is 0.0578. The first kappa shape index (κ1) is 16.0. The van der Waals surface area contributed by atoms with E-state index >= 15 is 0 Å². The molecular weight excluding hydrogens is 268 g/mol. The summed E-state index contributed by atoms with van der Waals surface area (Å²) < 4.78 is 0. The van der Waals surface area contributed by atoms with Gasteiger partial charge in [0, 0.05) is 9.52 Å². The zero-order valence-corrected chi connectivity index (χ0v) is 15.1. The predicted molar refractivity (Wildman–Crippen MR) is 97.1 cm³/mol. The Hall–Kier alpha value is -1.34. The van der Waals surface area contributed by atoms with Crippen LogP contribution in [0.2, 0.25) is 6.55 Å². The third-order valence-electron chi connectivity index (χ3n) is 4.57. The van der Waals surface area contributed by atoms with Gasteiger partial charge in [0.2, 0.25) is 0 Å². The Labute approximate surface area is 132 Å². The van der Waals surface area contributed by atoms with Gasteiger partial charge in [0.1, 0.15) is 0 Å². The van der Waals surface area contributed by atoms with Gasteiger partial charge in [-0.15, -0.1) is 0 Å².